The minimum absolute atomic E-state index is 0.438. The van der Waals surface area contributed by atoms with Crippen molar-refractivity contribution in [2.24, 2.45) is 5.92 Å². The summed E-state index contributed by atoms with van der Waals surface area (Å²) in [4.78, 5) is 11.3. The summed E-state index contributed by atoms with van der Waals surface area (Å²) in [5, 5.41) is 0. The number of carbonyl (C=O) groups is 1. The van der Waals surface area contributed by atoms with Crippen molar-refractivity contribution in [2.45, 2.75) is 44.3 Å². The Kier molecular flexibility index (Phi) is 6.37. The monoisotopic (exact) mass is 309 g/mol. The third-order valence-corrected chi connectivity index (χ3v) is 3.61. The van der Waals surface area contributed by atoms with Crippen LogP contribution in [0.25, 0.3) is 0 Å². The van der Waals surface area contributed by atoms with Gasteiger partial charge in [-0.15, -0.1) is 0 Å². The molecule has 0 saturated heterocycles. The molecule has 0 aromatic heterocycles. The molecule has 113 valence electrons. The Balaban J connectivity index is 4.43. The molecular weight excluding hydrogens is 294 g/mol. The highest BCUT2D eigenvalue weighted by Crippen LogP contribution is 2.35. The molecule has 0 aliphatic carbocycles. The van der Waals surface area contributed by atoms with Crippen molar-refractivity contribution < 1.29 is 35.9 Å². The van der Waals surface area contributed by atoms with Crippen molar-refractivity contribution >= 4 is 14.8 Å². The number of ether oxygens (including phenoxy) is 1. The molecule has 0 bridgehead atoms. The Labute approximate surface area is 108 Å². The summed E-state index contributed by atoms with van der Waals surface area (Å²) in [5.41, 5.74) is 0. The van der Waals surface area contributed by atoms with Crippen LogP contribution in [0.2, 0.25) is 19.1 Å². The largest absolute Gasteiger partial charge is 0.459 e. The summed E-state index contributed by atoms with van der Waals surface area (Å²) in [5.74, 6) is -6.51. The lowest BCUT2D eigenvalue weighted by molar-refractivity contribution is -0.254. The molecule has 19 heavy (non-hydrogen) atoms. The van der Waals surface area contributed by atoms with Crippen LogP contribution in [0.4, 0.5) is 26.3 Å². The molecule has 0 rings (SSSR count). The summed E-state index contributed by atoms with van der Waals surface area (Å²) in [6.07, 6.45) is -10.0. The first-order valence-electron chi connectivity index (χ1n) is 5.42. The molecule has 0 spiro atoms. The van der Waals surface area contributed by atoms with Crippen LogP contribution in [0.5, 0.6) is 0 Å². The molecule has 2 unspecified atom stereocenters. The van der Waals surface area contributed by atoms with Gasteiger partial charge in [0.25, 0.3) is 6.17 Å². The molecule has 0 aromatic rings. The molecule has 0 saturated carbocycles. The Morgan fingerprint density at radius 3 is 2.05 bits per heavy atom. The highest BCUT2D eigenvalue weighted by atomic mass is 28.3. The van der Waals surface area contributed by atoms with Crippen molar-refractivity contribution in [1.29, 1.82) is 0 Å². The van der Waals surface area contributed by atoms with Gasteiger partial charge in [0.1, 0.15) is 0 Å². The van der Waals surface area contributed by atoms with Crippen LogP contribution in [-0.2, 0) is 9.53 Å². The first-order valence-corrected chi connectivity index (χ1v) is 8.13. The van der Waals surface area contributed by atoms with E-state index in [1.807, 2.05) is 13.1 Å². The highest BCUT2D eigenvalue weighted by molar-refractivity contribution is 6.56. The number of alkyl halides is 6. The van der Waals surface area contributed by atoms with Gasteiger partial charge < -0.3 is 4.74 Å². The van der Waals surface area contributed by atoms with Crippen molar-refractivity contribution in [1.82, 2.24) is 0 Å². The second-order valence-electron chi connectivity index (χ2n) is 4.59. The first-order chi connectivity index (χ1) is 8.38. The maximum Gasteiger partial charge on any atom is 0.425 e. The average Bonchev–Trinajstić information content (AvgIpc) is 2.22. The maximum atomic E-state index is 12.8. The van der Waals surface area contributed by atoms with Crippen LogP contribution >= 0.6 is 0 Å². The van der Waals surface area contributed by atoms with E-state index in [2.05, 4.69) is 4.74 Å². The molecular formula is C10H15F6O2Si. The summed E-state index contributed by atoms with van der Waals surface area (Å²) in [6.45, 7) is 3.27. The lowest BCUT2D eigenvalue weighted by Gasteiger charge is -2.23. The molecule has 0 aliphatic rings. The number of carbonyl (C=O) groups excluding carboxylic acids is 1. The fourth-order valence-electron chi connectivity index (χ4n) is 1.32. The van der Waals surface area contributed by atoms with Gasteiger partial charge in [0.15, 0.2) is 6.61 Å². The fourth-order valence-corrected chi connectivity index (χ4v) is 2.71. The molecule has 9 heteroatoms. The summed E-state index contributed by atoms with van der Waals surface area (Å²) < 4.78 is 77.7. The quantitative estimate of drug-likeness (QED) is 0.427. The van der Waals surface area contributed by atoms with Crippen LogP contribution < -0.4 is 0 Å². The summed E-state index contributed by atoms with van der Waals surface area (Å²) in [6, 6.07) is 0.438. The minimum Gasteiger partial charge on any atom is -0.459 e. The second-order valence-corrected chi connectivity index (χ2v) is 7.41. The summed E-state index contributed by atoms with van der Waals surface area (Å²) >= 11 is 0. The predicted molar refractivity (Wildman–Crippen MR) is 58.3 cm³/mol. The number of hydrogen-bond donors (Lipinski definition) is 0. The molecule has 0 heterocycles. The van der Waals surface area contributed by atoms with E-state index >= 15 is 0 Å². The Morgan fingerprint density at radius 2 is 1.68 bits per heavy atom. The number of hydrogen-bond acceptors (Lipinski definition) is 2. The maximum absolute atomic E-state index is 12.8. The number of rotatable bonds is 6. The SMILES string of the molecule is CC(C[Si](C)C)C(=O)OCC(F)(F)C(F)C(F)(F)F. The van der Waals surface area contributed by atoms with Crippen LogP contribution in [-0.4, -0.2) is 39.6 Å². The van der Waals surface area contributed by atoms with Crippen LogP contribution in [0.3, 0.4) is 0 Å². The van der Waals surface area contributed by atoms with Crippen molar-refractivity contribution in [2.75, 3.05) is 6.61 Å². The van der Waals surface area contributed by atoms with E-state index in [1.54, 1.807) is 0 Å². The average molecular weight is 309 g/mol. The van der Waals surface area contributed by atoms with Crippen LogP contribution in [0.1, 0.15) is 6.92 Å². The Bertz CT molecular complexity index is 305. The van der Waals surface area contributed by atoms with Gasteiger partial charge in [-0.1, -0.05) is 20.0 Å². The van der Waals surface area contributed by atoms with E-state index in [1.165, 1.54) is 6.92 Å². The van der Waals surface area contributed by atoms with Gasteiger partial charge in [0.2, 0.25) is 0 Å². The molecule has 0 N–H and O–H groups in total. The smallest absolute Gasteiger partial charge is 0.425 e. The zero-order valence-electron chi connectivity index (χ0n) is 10.7. The van der Waals surface area contributed by atoms with Crippen LogP contribution in [0, 0.1) is 5.92 Å². The minimum atomic E-state index is -5.69. The lowest BCUT2D eigenvalue weighted by Crippen LogP contribution is -2.45. The van der Waals surface area contributed by atoms with Crippen LogP contribution in [0.15, 0.2) is 0 Å². The second kappa shape index (κ2) is 6.62. The molecule has 1 radical (unpaired) electrons. The molecule has 0 aliphatic heterocycles. The third kappa shape index (κ3) is 6.30. The van der Waals surface area contributed by atoms with Gasteiger partial charge in [0.05, 0.1) is 5.92 Å². The van der Waals surface area contributed by atoms with E-state index < -0.39 is 45.6 Å². The van der Waals surface area contributed by atoms with Crippen molar-refractivity contribution in [3.63, 3.8) is 0 Å². The third-order valence-electron chi connectivity index (χ3n) is 2.18. The van der Waals surface area contributed by atoms with Gasteiger partial charge in [-0.25, -0.2) is 4.39 Å². The normalized spacial score (nSPS) is 16.3. The molecule has 2 atom stereocenters. The van der Waals surface area contributed by atoms with Crippen molar-refractivity contribution in [3.05, 3.63) is 0 Å². The summed E-state index contributed by atoms with van der Waals surface area (Å²) in [7, 11) is -0.813. The zero-order chi connectivity index (χ0) is 15.4. The fraction of sp³-hybridized carbons (Fsp3) is 0.900. The molecule has 0 amide bonds. The lowest BCUT2D eigenvalue weighted by atomic mass is 10.2. The molecule has 2 nitrogen and oxygen atoms in total. The van der Waals surface area contributed by atoms with Gasteiger partial charge in [-0.2, -0.15) is 22.0 Å². The zero-order valence-corrected chi connectivity index (χ0v) is 11.7. The number of halogens is 6. The predicted octanol–water partition coefficient (Wildman–Crippen LogP) is 3.46. The van der Waals surface area contributed by atoms with Gasteiger partial charge >= 0.3 is 18.1 Å². The topological polar surface area (TPSA) is 26.3 Å². The van der Waals surface area contributed by atoms with E-state index in [9.17, 15) is 31.1 Å². The molecule has 0 fully saturated rings. The van der Waals surface area contributed by atoms with Gasteiger partial charge in [-0.05, 0) is 6.04 Å². The standard InChI is InChI=1S/C10H15F6O2Si/c1-6(4-19(2)3)7(17)18-5-9(12,13)8(11)10(14,15)16/h6,8H,4-5H2,1-3H3. The Hall–Kier alpha value is -0.733. The number of esters is 1. The van der Waals surface area contributed by atoms with E-state index in [4.69, 9.17) is 0 Å². The Morgan fingerprint density at radius 1 is 1.21 bits per heavy atom. The van der Waals surface area contributed by atoms with Gasteiger partial charge in [-0.3, -0.25) is 4.79 Å². The van der Waals surface area contributed by atoms with E-state index in [-0.39, 0.29) is 0 Å². The van der Waals surface area contributed by atoms with E-state index in [0.717, 1.165) is 0 Å². The molecule has 0 aromatic carbocycles. The van der Waals surface area contributed by atoms with Crippen molar-refractivity contribution in [3.8, 4) is 0 Å². The highest BCUT2D eigenvalue weighted by Gasteiger charge is 2.57. The van der Waals surface area contributed by atoms with Gasteiger partial charge in [0, 0.05) is 8.80 Å². The first kappa shape index (κ1) is 18.3. The van der Waals surface area contributed by atoms with E-state index in [0.29, 0.717) is 6.04 Å².